The SMILES string of the molecule is Cc1nc(CN=C(N)N2CCN(c3nccs3)CC2)no1. The molecule has 0 radical (unpaired) electrons. The molecule has 0 amide bonds. The molecule has 8 nitrogen and oxygen atoms in total. The van der Waals surface area contributed by atoms with Crippen molar-refractivity contribution < 1.29 is 4.52 Å². The Morgan fingerprint density at radius 1 is 1.43 bits per heavy atom. The summed E-state index contributed by atoms with van der Waals surface area (Å²) in [5.41, 5.74) is 6.03. The molecule has 3 heterocycles. The van der Waals surface area contributed by atoms with Crippen LogP contribution in [-0.4, -0.2) is 52.2 Å². The normalized spacial score (nSPS) is 16.5. The van der Waals surface area contributed by atoms with Crippen LogP contribution in [0.25, 0.3) is 0 Å². The van der Waals surface area contributed by atoms with Crippen LogP contribution >= 0.6 is 11.3 Å². The number of aryl methyl sites for hydroxylation is 1. The van der Waals surface area contributed by atoms with Gasteiger partial charge in [0.1, 0.15) is 6.54 Å². The predicted octanol–water partition coefficient (Wildman–Crippen LogP) is 0.471. The van der Waals surface area contributed by atoms with Crippen LogP contribution in [0, 0.1) is 6.92 Å². The first-order chi connectivity index (χ1) is 10.2. The lowest BCUT2D eigenvalue weighted by atomic mass is 10.3. The van der Waals surface area contributed by atoms with Gasteiger partial charge in [-0.1, -0.05) is 5.16 Å². The molecule has 9 heteroatoms. The van der Waals surface area contributed by atoms with Crippen molar-refractivity contribution in [3.63, 3.8) is 0 Å². The van der Waals surface area contributed by atoms with Gasteiger partial charge in [-0.2, -0.15) is 4.98 Å². The van der Waals surface area contributed by atoms with Crippen LogP contribution in [0.15, 0.2) is 21.1 Å². The summed E-state index contributed by atoms with van der Waals surface area (Å²) in [6, 6.07) is 0. The van der Waals surface area contributed by atoms with Crippen molar-refractivity contribution in [1.29, 1.82) is 0 Å². The fourth-order valence-corrected chi connectivity index (χ4v) is 2.85. The van der Waals surface area contributed by atoms with Crippen molar-refractivity contribution in [2.24, 2.45) is 10.7 Å². The first-order valence-electron chi connectivity index (χ1n) is 6.71. The van der Waals surface area contributed by atoms with E-state index in [2.05, 4.69) is 29.9 Å². The number of thiazole rings is 1. The summed E-state index contributed by atoms with van der Waals surface area (Å²) >= 11 is 1.66. The number of anilines is 1. The summed E-state index contributed by atoms with van der Waals surface area (Å²) in [5.74, 6) is 1.61. The number of aromatic nitrogens is 3. The molecule has 2 aromatic rings. The molecule has 0 saturated carbocycles. The quantitative estimate of drug-likeness (QED) is 0.650. The Balaban J connectivity index is 1.53. The molecule has 1 aliphatic heterocycles. The third kappa shape index (κ3) is 3.30. The highest BCUT2D eigenvalue weighted by Gasteiger charge is 2.19. The van der Waals surface area contributed by atoms with Crippen molar-refractivity contribution in [3.8, 4) is 0 Å². The fourth-order valence-electron chi connectivity index (χ4n) is 2.16. The minimum atomic E-state index is 0.343. The minimum absolute atomic E-state index is 0.343. The number of hydrogen-bond donors (Lipinski definition) is 1. The summed E-state index contributed by atoms with van der Waals surface area (Å²) < 4.78 is 4.90. The maximum atomic E-state index is 6.03. The maximum absolute atomic E-state index is 6.03. The number of nitrogens with zero attached hydrogens (tertiary/aromatic N) is 6. The average Bonchev–Trinajstić information content (AvgIpc) is 3.16. The van der Waals surface area contributed by atoms with Crippen molar-refractivity contribution in [3.05, 3.63) is 23.3 Å². The molecule has 1 saturated heterocycles. The number of rotatable bonds is 3. The Morgan fingerprint density at radius 3 is 2.86 bits per heavy atom. The van der Waals surface area contributed by atoms with Crippen molar-refractivity contribution >= 4 is 22.4 Å². The zero-order valence-electron chi connectivity index (χ0n) is 11.8. The first kappa shape index (κ1) is 13.8. The Morgan fingerprint density at radius 2 is 2.24 bits per heavy atom. The van der Waals surface area contributed by atoms with E-state index in [1.165, 1.54) is 0 Å². The summed E-state index contributed by atoms with van der Waals surface area (Å²) in [6.07, 6.45) is 1.83. The maximum Gasteiger partial charge on any atom is 0.223 e. The van der Waals surface area contributed by atoms with Crippen LogP contribution in [0.3, 0.4) is 0 Å². The molecule has 0 aromatic carbocycles. The van der Waals surface area contributed by atoms with Gasteiger partial charge in [-0.25, -0.2) is 9.98 Å². The average molecular weight is 307 g/mol. The molecule has 1 aliphatic rings. The molecule has 0 spiro atoms. The lowest BCUT2D eigenvalue weighted by Crippen LogP contribution is -2.51. The fraction of sp³-hybridized carbons (Fsp3) is 0.500. The Bertz CT molecular complexity index is 601. The lowest BCUT2D eigenvalue weighted by Gasteiger charge is -2.35. The second kappa shape index (κ2) is 6.08. The lowest BCUT2D eigenvalue weighted by molar-refractivity contribution is 0.378. The molecule has 0 atom stereocenters. The summed E-state index contributed by atoms with van der Waals surface area (Å²) in [5, 5.41) is 6.85. The van der Waals surface area contributed by atoms with Gasteiger partial charge in [0.25, 0.3) is 0 Å². The topological polar surface area (TPSA) is 96.7 Å². The van der Waals surface area contributed by atoms with E-state index in [1.807, 2.05) is 11.6 Å². The first-order valence-corrected chi connectivity index (χ1v) is 7.59. The molecule has 0 bridgehead atoms. The Kier molecular flexibility index (Phi) is 4.00. The van der Waals surface area contributed by atoms with Gasteiger partial charge in [0.15, 0.2) is 16.9 Å². The molecule has 2 N–H and O–H groups in total. The molecule has 0 unspecified atom stereocenters. The molecular formula is C12H17N7OS. The second-order valence-electron chi connectivity index (χ2n) is 4.69. The minimum Gasteiger partial charge on any atom is -0.370 e. The summed E-state index contributed by atoms with van der Waals surface area (Å²) in [4.78, 5) is 17.1. The van der Waals surface area contributed by atoms with E-state index >= 15 is 0 Å². The highest BCUT2D eigenvalue weighted by Crippen LogP contribution is 2.18. The highest BCUT2D eigenvalue weighted by molar-refractivity contribution is 7.13. The van der Waals surface area contributed by atoms with Crippen molar-refractivity contribution in [2.45, 2.75) is 13.5 Å². The number of hydrogen-bond acceptors (Lipinski definition) is 7. The smallest absolute Gasteiger partial charge is 0.223 e. The van der Waals surface area contributed by atoms with E-state index in [0.29, 0.717) is 24.2 Å². The van der Waals surface area contributed by atoms with E-state index in [1.54, 1.807) is 18.3 Å². The molecule has 3 rings (SSSR count). The van der Waals surface area contributed by atoms with Gasteiger partial charge in [-0.3, -0.25) is 0 Å². The number of guanidine groups is 1. The summed E-state index contributed by atoms with van der Waals surface area (Å²) in [6.45, 7) is 5.55. The van der Waals surface area contributed by atoms with Crippen LogP contribution < -0.4 is 10.6 Å². The summed E-state index contributed by atoms with van der Waals surface area (Å²) in [7, 11) is 0. The molecular weight excluding hydrogens is 290 g/mol. The van der Waals surface area contributed by atoms with Crippen molar-refractivity contribution in [2.75, 3.05) is 31.1 Å². The van der Waals surface area contributed by atoms with Crippen LogP contribution in [0.1, 0.15) is 11.7 Å². The van der Waals surface area contributed by atoms with E-state index in [9.17, 15) is 0 Å². The van der Waals surface area contributed by atoms with Crippen LogP contribution in [0.5, 0.6) is 0 Å². The third-order valence-corrected chi connectivity index (χ3v) is 4.08. The Labute approximate surface area is 126 Å². The van der Waals surface area contributed by atoms with Gasteiger partial charge in [-0.15, -0.1) is 11.3 Å². The largest absolute Gasteiger partial charge is 0.370 e. The number of piperazine rings is 1. The van der Waals surface area contributed by atoms with Gasteiger partial charge in [0.05, 0.1) is 0 Å². The molecule has 1 fully saturated rings. The monoisotopic (exact) mass is 307 g/mol. The zero-order chi connectivity index (χ0) is 14.7. The molecule has 2 aromatic heterocycles. The molecule has 112 valence electrons. The predicted molar refractivity (Wildman–Crippen MR) is 80.3 cm³/mol. The zero-order valence-corrected chi connectivity index (χ0v) is 12.6. The van der Waals surface area contributed by atoms with E-state index in [0.717, 1.165) is 31.3 Å². The van der Waals surface area contributed by atoms with Gasteiger partial charge in [0.2, 0.25) is 5.89 Å². The van der Waals surface area contributed by atoms with E-state index in [-0.39, 0.29) is 0 Å². The Hall–Kier alpha value is -2.16. The molecule has 21 heavy (non-hydrogen) atoms. The van der Waals surface area contributed by atoms with Crippen LogP contribution in [0.2, 0.25) is 0 Å². The third-order valence-electron chi connectivity index (χ3n) is 3.25. The van der Waals surface area contributed by atoms with Crippen LogP contribution in [-0.2, 0) is 6.54 Å². The molecule has 0 aliphatic carbocycles. The number of aliphatic imine (C=N–C) groups is 1. The standard InChI is InChI=1S/C12H17N7OS/c1-9-16-10(17-20-9)8-15-11(13)18-3-5-19(6-4-18)12-14-2-7-21-12/h2,7H,3-6,8H2,1H3,(H2,13,15). The highest BCUT2D eigenvalue weighted by atomic mass is 32.1. The van der Waals surface area contributed by atoms with Crippen LogP contribution in [0.4, 0.5) is 5.13 Å². The van der Waals surface area contributed by atoms with Crippen molar-refractivity contribution in [1.82, 2.24) is 20.0 Å². The van der Waals surface area contributed by atoms with E-state index < -0.39 is 0 Å². The van der Waals surface area contributed by atoms with Gasteiger partial charge >= 0.3 is 0 Å². The second-order valence-corrected chi connectivity index (χ2v) is 5.57. The van der Waals surface area contributed by atoms with E-state index in [4.69, 9.17) is 10.3 Å². The number of nitrogens with two attached hydrogens (primary N) is 1. The van der Waals surface area contributed by atoms with Gasteiger partial charge < -0.3 is 20.1 Å². The van der Waals surface area contributed by atoms with Gasteiger partial charge in [0, 0.05) is 44.7 Å². The van der Waals surface area contributed by atoms with Gasteiger partial charge in [-0.05, 0) is 0 Å².